The van der Waals surface area contributed by atoms with Gasteiger partial charge < -0.3 is 20.5 Å². The number of fused-ring (bicyclic) bond motifs is 1. The van der Waals surface area contributed by atoms with E-state index in [9.17, 15) is 9.18 Å². The maximum absolute atomic E-state index is 13.4. The van der Waals surface area contributed by atoms with Crippen LogP contribution in [0.5, 0.6) is 0 Å². The Kier molecular flexibility index (Phi) is 4.04. The molecule has 8 nitrogen and oxygen atoms in total. The largest absolute Gasteiger partial charge is 0.373 e. The predicted molar refractivity (Wildman–Crippen MR) is 105 cm³/mol. The van der Waals surface area contributed by atoms with Crippen LogP contribution in [0.4, 0.5) is 21.7 Å². The van der Waals surface area contributed by atoms with Crippen LogP contribution in [0, 0.1) is 0 Å². The van der Waals surface area contributed by atoms with Crippen molar-refractivity contribution < 1.29 is 4.39 Å². The molecule has 2 aliphatic carbocycles. The van der Waals surface area contributed by atoms with Gasteiger partial charge in [0.15, 0.2) is 5.65 Å². The van der Waals surface area contributed by atoms with Crippen LogP contribution < -0.4 is 21.5 Å². The number of alkyl halides is 1. The second-order valence-electron chi connectivity index (χ2n) is 7.42. The first-order valence-electron chi connectivity index (χ1n) is 9.55. The summed E-state index contributed by atoms with van der Waals surface area (Å²) in [5, 5.41) is 14.1. The summed E-state index contributed by atoms with van der Waals surface area (Å²) in [6.45, 7) is 0.700. The highest BCUT2D eigenvalue weighted by molar-refractivity contribution is 5.64. The number of nitrogens with one attached hydrogen (secondary N) is 3. The first-order valence-corrected chi connectivity index (χ1v) is 9.55. The lowest BCUT2D eigenvalue weighted by atomic mass is 10.3. The molecule has 5 rings (SSSR count). The average Bonchev–Trinajstić information content (AvgIpc) is 3.61. The molecule has 0 radical (unpaired) electrons. The van der Waals surface area contributed by atoms with E-state index in [-0.39, 0.29) is 11.6 Å². The van der Waals surface area contributed by atoms with Gasteiger partial charge in [-0.3, -0.25) is 4.79 Å². The molecule has 0 aromatic carbocycles. The summed E-state index contributed by atoms with van der Waals surface area (Å²) in [5.41, 5.74) is 1.85. The van der Waals surface area contributed by atoms with Gasteiger partial charge in [-0.1, -0.05) is 0 Å². The van der Waals surface area contributed by atoms with Gasteiger partial charge >= 0.3 is 0 Å². The van der Waals surface area contributed by atoms with Crippen LogP contribution in [0.1, 0.15) is 30.9 Å². The first kappa shape index (κ1) is 17.2. The number of anilines is 3. The van der Waals surface area contributed by atoms with Gasteiger partial charge in [0, 0.05) is 43.9 Å². The predicted octanol–water partition coefficient (Wildman–Crippen LogP) is 2.21. The van der Waals surface area contributed by atoms with Crippen LogP contribution >= 0.6 is 0 Å². The maximum atomic E-state index is 13.4. The Morgan fingerprint density at radius 3 is 2.89 bits per heavy atom. The average molecular weight is 383 g/mol. The SMILES string of the molecule is CNc1cc(Nc2cccn([C@H]3C[C@@H]3F)c2=O)nc2c(CNC3CC3)cnn12. The van der Waals surface area contributed by atoms with Crippen molar-refractivity contribution in [1.82, 2.24) is 24.5 Å². The molecule has 0 spiro atoms. The molecule has 9 heteroatoms. The van der Waals surface area contributed by atoms with E-state index in [1.165, 1.54) is 17.4 Å². The van der Waals surface area contributed by atoms with Crippen LogP contribution in [0.3, 0.4) is 0 Å². The Bertz CT molecular complexity index is 1090. The molecule has 28 heavy (non-hydrogen) atoms. The number of pyridine rings is 1. The molecule has 0 amide bonds. The maximum Gasteiger partial charge on any atom is 0.274 e. The summed E-state index contributed by atoms with van der Waals surface area (Å²) < 4.78 is 16.6. The summed E-state index contributed by atoms with van der Waals surface area (Å²) >= 11 is 0. The standard InChI is InChI=1S/C19H22FN7O/c1-21-17-8-16(24-14-3-2-6-26(19(14)28)15-7-13(15)20)25-18-11(10-23-27(17)18)9-22-12-4-5-12/h2-3,6,8,10,12-13,15,21-22H,4-5,7,9H2,1H3,(H,24,25)/t13-,15-/m0/s1. The molecule has 0 bridgehead atoms. The van der Waals surface area contributed by atoms with Crippen molar-refractivity contribution in [1.29, 1.82) is 0 Å². The van der Waals surface area contributed by atoms with Crippen LogP contribution in [-0.2, 0) is 6.54 Å². The Labute approximate surface area is 160 Å². The fourth-order valence-electron chi connectivity index (χ4n) is 3.36. The van der Waals surface area contributed by atoms with Crippen molar-refractivity contribution in [2.75, 3.05) is 17.7 Å². The van der Waals surface area contributed by atoms with Gasteiger partial charge in [-0.15, -0.1) is 0 Å². The molecule has 0 unspecified atom stereocenters. The van der Waals surface area contributed by atoms with E-state index in [1.54, 1.807) is 28.9 Å². The number of hydrogen-bond acceptors (Lipinski definition) is 6. The zero-order valence-corrected chi connectivity index (χ0v) is 15.5. The quantitative estimate of drug-likeness (QED) is 0.580. The number of hydrogen-bond donors (Lipinski definition) is 3. The number of aromatic nitrogens is 4. The van der Waals surface area contributed by atoms with Gasteiger partial charge in [-0.2, -0.15) is 9.61 Å². The fourth-order valence-corrected chi connectivity index (χ4v) is 3.36. The third kappa shape index (κ3) is 3.11. The Morgan fingerprint density at radius 1 is 1.36 bits per heavy atom. The molecule has 3 aromatic heterocycles. The lowest BCUT2D eigenvalue weighted by Crippen LogP contribution is -2.22. The van der Waals surface area contributed by atoms with Gasteiger partial charge in [0.1, 0.15) is 23.5 Å². The van der Waals surface area contributed by atoms with E-state index in [1.807, 2.05) is 13.2 Å². The van der Waals surface area contributed by atoms with Gasteiger partial charge in [0.2, 0.25) is 0 Å². The molecule has 2 aliphatic rings. The molecule has 3 N–H and O–H groups in total. The molecule has 2 atom stereocenters. The van der Waals surface area contributed by atoms with Crippen molar-refractivity contribution in [3.63, 3.8) is 0 Å². The van der Waals surface area contributed by atoms with Crippen molar-refractivity contribution in [2.24, 2.45) is 0 Å². The molecular weight excluding hydrogens is 361 g/mol. The van der Waals surface area contributed by atoms with E-state index >= 15 is 0 Å². The minimum Gasteiger partial charge on any atom is -0.373 e. The molecule has 3 aromatic rings. The Balaban J connectivity index is 1.48. The first-order chi connectivity index (χ1) is 13.6. The second-order valence-corrected chi connectivity index (χ2v) is 7.42. The van der Waals surface area contributed by atoms with Gasteiger partial charge in [-0.25, -0.2) is 9.37 Å². The van der Waals surface area contributed by atoms with Crippen molar-refractivity contribution >= 4 is 23.0 Å². The number of halogens is 1. The zero-order chi connectivity index (χ0) is 19.3. The van der Waals surface area contributed by atoms with Gasteiger partial charge in [-0.05, 0) is 25.0 Å². The highest BCUT2D eigenvalue weighted by Gasteiger charge is 2.39. The minimum absolute atomic E-state index is 0.246. The van der Waals surface area contributed by atoms with E-state index < -0.39 is 6.17 Å². The molecule has 0 saturated heterocycles. The number of rotatable bonds is 7. The van der Waals surface area contributed by atoms with E-state index in [0.29, 0.717) is 30.5 Å². The highest BCUT2D eigenvalue weighted by atomic mass is 19.1. The summed E-state index contributed by atoms with van der Waals surface area (Å²) in [4.78, 5) is 17.4. The highest BCUT2D eigenvalue weighted by Crippen LogP contribution is 2.37. The van der Waals surface area contributed by atoms with Crippen LogP contribution in [-0.4, -0.2) is 38.4 Å². The van der Waals surface area contributed by atoms with Crippen molar-refractivity contribution in [3.8, 4) is 0 Å². The van der Waals surface area contributed by atoms with E-state index in [4.69, 9.17) is 0 Å². The molecule has 2 fully saturated rings. The zero-order valence-electron chi connectivity index (χ0n) is 15.5. The van der Waals surface area contributed by atoms with E-state index in [2.05, 4.69) is 26.0 Å². The normalized spacial score (nSPS) is 21.1. The molecule has 2 saturated carbocycles. The topological polar surface area (TPSA) is 88.3 Å². The van der Waals surface area contributed by atoms with Gasteiger partial charge in [0.25, 0.3) is 5.56 Å². The van der Waals surface area contributed by atoms with Crippen LogP contribution in [0.2, 0.25) is 0 Å². The molecule has 146 valence electrons. The minimum atomic E-state index is -0.938. The molecule has 3 heterocycles. The molecular formula is C19H22FN7O. The summed E-state index contributed by atoms with van der Waals surface area (Å²) in [5.74, 6) is 1.29. The van der Waals surface area contributed by atoms with Crippen LogP contribution in [0.25, 0.3) is 5.65 Å². The lowest BCUT2D eigenvalue weighted by molar-refractivity contribution is 0.438. The fraction of sp³-hybridized carbons (Fsp3) is 0.421. The van der Waals surface area contributed by atoms with Crippen molar-refractivity contribution in [2.45, 2.75) is 44.1 Å². The van der Waals surface area contributed by atoms with E-state index in [0.717, 1.165) is 17.0 Å². The third-order valence-electron chi connectivity index (χ3n) is 5.24. The smallest absolute Gasteiger partial charge is 0.274 e. The summed E-state index contributed by atoms with van der Waals surface area (Å²) in [6.07, 6.45) is 5.32. The Hall–Kier alpha value is -2.94. The summed E-state index contributed by atoms with van der Waals surface area (Å²) in [7, 11) is 1.81. The summed E-state index contributed by atoms with van der Waals surface area (Å²) in [6, 6.07) is 5.46. The lowest BCUT2D eigenvalue weighted by Gasteiger charge is -2.11. The van der Waals surface area contributed by atoms with Crippen molar-refractivity contribution in [3.05, 3.63) is 46.5 Å². The van der Waals surface area contributed by atoms with Gasteiger partial charge in [0.05, 0.1) is 12.2 Å². The Morgan fingerprint density at radius 2 is 2.18 bits per heavy atom. The monoisotopic (exact) mass is 383 g/mol. The molecule has 0 aliphatic heterocycles. The second kappa shape index (κ2) is 6.59. The number of nitrogens with zero attached hydrogens (tertiary/aromatic N) is 4. The van der Waals surface area contributed by atoms with Crippen LogP contribution in [0.15, 0.2) is 35.4 Å². The third-order valence-corrected chi connectivity index (χ3v) is 5.24.